The van der Waals surface area contributed by atoms with E-state index in [4.69, 9.17) is 0 Å². The number of carbonyl (C=O) groups excluding carboxylic acids is 1. The zero-order valence-corrected chi connectivity index (χ0v) is 10.2. The number of amides is 1. The van der Waals surface area contributed by atoms with Crippen molar-refractivity contribution in [1.29, 1.82) is 0 Å². The monoisotopic (exact) mass is 325 g/mol. The van der Waals surface area contributed by atoms with E-state index in [1.54, 1.807) is 18.2 Å². The van der Waals surface area contributed by atoms with Crippen molar-refractivity contribution in [3.8, 4) is 0 Å². The topological polar surface area (TPSA) is 29.1 Å². The molecule has 5 heteroatoms. The van der Waals surface area contributed by atoms with E-state index in [2.05, 4.69) is 27.9 Å². The van der Waals surface area contributed by atoms with E-state index in [9.17, 15) is 13.6 Å². The first-order valence-corrected chi connectivity index (χ1v) is 5.38. The molecule has 0 fully saturated rings. The van der Waals surface area contributed by atoms with E-state index >= 15 is 0 Å². The first kappa shape index (κ1) is 12.4. The van der Waals surface area contributed by atoms with Gasteiger partial charge in [-0.15, -0.1) is 0 Å². The Hall–Kier alpha value is -0.720. The number of alkyl halides is 2. The Morgan fingerprint density at radius 2 is 2.20 bits per heavy atom. The van der Waals surface area contributed by atoms with Crippen LogP contribution in [0.15, 0.2) is 24.3 Å². The van der Waals surface area contributed by atoms with Gasteiger partial charge in [-0.25, -0.2) is 8.78 Å². The first-order valence-electron chi connectivity index (χ1n) is 4.30. The van der Waals surface area contributed by atoms with Crippen LogP contribution < -0.4 is 5.32 Å². The van der Waals surface area contributed by atoms with Crippen molar-refractivity contribution in [2.45, 2.75) is 12.8 Å². The molecule has 82 valence electrons. The molecule has 0 aliphatic carbocycles. The highest BCUT2D eigenvalue weighted by atomic mass is 127. The molecule has 0 aliphatic rings. The molecule has 0 unspecified atom stereocenters. The van der Waals surface area contributed by atoms with E-state index in [1.165, 1.54) is 0 Å². The zero-order valence-electron chi connectivity index (χ0n) is 8.06. The van der Waals surface area contributed by atoms with Gasteiger partial charge in [-0.05, 0) is 40.8 Å². The second-order valence-corrected chi connectivity index (χ2v) is 4.51. The van der Waals surface area contributed by atoms with E-state index in [0.717, 1.165) is 10.5 Å². The summed E-state index contributed by atoms with van der Waals surface area (Å²) in [5.74, 6) is -3.35. The van der Waals surface area contributed by atoms with Crippen molar-refractivity contribution in [3.05, 3.63) is 33.4 Å². The highest BCUT2D eigenvalue weighted by molar-refractivity contribution is 14.1. The summed E-state index contributed by atoms with van der Waals surface area (Å²) in [6.45, 7) is 0.124. The lowest BCUT2D eigenvalue weighted by Crippen LogP contribution is -2.34. The molecular formula is C10H10F2INO. The molecule has 0 saturated carbocycles. The molecule has 1 aromatic carbocycles. The summed E-state index contributed by atoms with van der Waals surface area (Å²) in [5, 5.41) is 2.17. The summed E-state index contributed by atoms with van der Waals surface area (Å²) in [4.78, 5) is 11.4. The zero-order chi connectivity index (χ0) is 11.5. The van der Waals surface area contributed by atoms with Crippen LogP contribution in [0.1, 0.15) is 17.3 Å². The second kappa shape index (κ2) is 4.87. The van der Waals surface area contributed by atoms with Crippen LogP contribution in [-0.2, 0) is 0 Å². The number of benzene rings is 1. The van der Waals surface area contributed by atoms with Gasteiger partial charge in [0.2, 0.25) is 0 Å². The van der Waals surface area contributed by atoms with Crippen LogP contribution in [0.25, 0.3) is 0 Å². The maximum absolute atomic E-state index is 12.5. The molecule has 0 aliphatic heterocycles. The molecule has 1 N–H and O–H groups in total. The molecular weight excluding hydrogens is 315 g/mol. The average Bonchev–Trinajstić information content (AvgIpc) is 2.13. The standard InChI is InChI=1S/C10H10F2INO/c1-10(11,12)6-14-9(15)7-3-2-4-8(13)5-7/h2-5H,6H2,1H3,(H,14,15). The lowest BCUT2D eigenvalue weighted by atomic mass is 10.2. The molecule has 1 aromatic rings. The van der Waals surface area contributed by atoms with Crippen LogP contribution in [0.4, 0.5) is 8.78 Å². The van der Waals surface area contributed by atoms with Gasteiger partial charge in [0.15, 0.2) is 0 Å². The SMILES string of the molecule is CC(F)(F)CNC(=O)c1cccc(I)c1. The molecule has 0 saturated heterocycles. The number of hydrogen-bond donors (Lipinski definition) is 1. The average molecular weight is 325 g/mol. The summed E-state index contributed by atoms with van der Waals surface area (Å²) in [6, 6.07) is 6.77. The summed E-state index contributed by atoms with van der Waals surface area (Å²) in [7, 11) is 0. The molecule has 0 spiro atoms. The quantitative estimate of drug-likeness (QED) is 0.851. The Kier molecular flexibility index (Phi) is 4.01. The molecule has 15 heavy (non-hydrogen) atoms. The molecule has 0 heterocycles. The molecule has 0 aromatic heterocycles. The normalized spacial score (nSPS) is 11.2. The number of carbonyl (C=O) groups is 1. The van der Waals surface area contributed by atoms with Gasteiger partial charge in [0.1, 0.15) is 0 Å². The number of halogens is 3. The summed E-state index contributed by atoms with van der Waals surface area (Å²) in [6.07, 6.45) is 0. The van der Waals surface area contributed by atoms with E-state index in [-0.39, 0.29) is 0 Å². The van der Waals surface area contributed by atoms with Gasteiger partial charge >= 0.3 is 0 Å². The van der Waals surface area contributed by atoms with Crippen LogP contribution >= 0.6 is 22.6 Å². The predicted molar refractivity (Wildman–Crippen MR) is 62.1 cm³/mol. The second-order valence-electron chi connectivity index (χ2n) is 3.26. The Morgan fingerprint density at radius 1 is 1.53 bits per heavy atom. The Bertz CT molecular complexity index is 363. The van der Waals surface area contributed by atoms with Crippen LogP contribution in [0.2, 0.25) is 0 Å². The fourth-order valence-corrected chi connectivity index (χ4v) is 1.51. The van der Waals surface area contributed by atoms with Gasteiger partial charge in [0.25, 0.3) is 11.8 Å². The largest absolute Gasteiger partial charge is 0.346 e. The van der Waals surface area contributed by atoms with Crippen LogP contribution in [0, 0.1) is 3.57 Å². The fourth-order valence-electron chi connectivity index (χ4n) is 0.967. The van der Waals surface area contributed by atoms with Gasteiger partial charge in [0, 0.05) is 16.1 Å². The van der Waals surface area contributed by atoms with E-state index in [1.807, 2.05) is 6.07 Å². The lowest BCUT2D eigenvalue weighted by Gasteiger charge is -2.11. The van der Waals surface area contributed by atoms with Crippen molar-refractivity contribution < 1.29 is 13.6 Å². The van der Waals surface area contributed by atoms with Gasteiger partial charge in [-0.3, -0.25) is 4.79 Å². The van der Waals surface area contributed by atoms with E-state index in [0.29, 0.717) is 5.56 Å². The fraction of sp³-hybridized carbons (Fsp3) is 0.300. The summed E-state index contributed by atoms with van der Waals surface area (Å²) >= 11 is 2.06. The highest BCUT2D eigenvalue weighted by Gasteiger charge is 2.21. The summed E-state index contributed by atoms with van der Waals surface area (Å²) < 4.78 is 25.8. The third-order valence-corrected chi connectivity index (χ3v) is 2.32. The smallest absolute Gasteiger partial charge is 0.262 e. The molecule has 0 atom stereocenters. The number of hydrogen-bond acceptors (Lipinski definition) is 1. The van der Waals surface area contributed by atoms with Gasteiger partial charge < -0.3 is 5.32 Å². The number of rotatable bonds is 3. The maximum Gasteiger partial charge on any atom is 0.262 e. The lowest BCUT2D eigenvalue weighted by molar-refractivity contribution is 0.0221. The minimum absolute atomic E-state index is 0.395. The third kappa shape index (κ3) is 4.55. The van der Waals surface area contributed by atoms with E-state index < -0.39 is 18.4 Å². The van der Waals surface area contributed by atoms with Crippen LogP contribution in [-0.4, -0.2) is 18.4 Å². The van der Waals surface area contributed by atoms with Crippen molar-refractivity contribution in [1.82, 2.24) is 5.32 Å². The molecule has 0 radical (unpaired) electrons. The number of nitrogens with one attached hydrogen (secondary N) is 1. The third-order valence-electron chi connectivity index (χ3n) is 1.65. The Morgan fingerprint density at radius 3 is 2.73 bits per heavy atom. The maximum atomic E-state index is 12.5. The van der Waals surface area contributed by atoms with Gasteiger partial charge in [0.05, 0.1) is 6.54 Å². The highest BCUT2D eigenvalue weighted by Crippen LogP contribution is 2.11. The molecule has 1 amide bonds. The first-order chi connectivity index (χ1) is 6.88. The minimum atomic E-state index is -2.88. The predicted octanol–water partition coefficient (Wildman–Crippen LogP) is 2.68. The van der Waals surface area contributed by atoms with Crippen molar-refractivity contribution in [2.75, 3.05) is 6.54 Å². The van der Waals surface area contributed by atoms with Crippen LogP contribution in [0.5, 0.6) is 0 Å². The van der Waals surface area contributed by atoms with Crippen molar-refractivity contribution in [3.63, 3.8) is 0 Å². The molecule has 0 bridgehead atoms. The minimum Gasteiger partial charge on any atom is -0.346 e. The summed E-state index contributed by atoms with van der Waals surface area (Å²) in [5.41, 5.74) is 0.395. The van der Waals surface area contributed by atoms with Gasteiger partial charge in [-0.1, -0.05) is 6.07 Å². The molecule has 2 nitrogen and oxygen atoms in total. The van der Waals surface area contributed by atoms with Crippen molar-refractivity contribution in [2.24, 2.45) is 0 Å². The van der Waals surface area contributed by atoms with Crippen LogP contribution in [0.3, 0.4) is 0 Å². The van der Waals surface area contributed by atoms with Crippen molar-refractivity contribution >= 4 is 28.5 Å². The molecule has 1 rings (SSSR count). The Balaban J connectivity index is 2.62. The Labute approximate surface area is 100 Å². The van der Waals surface area contributed by atoms with Gasteiger partial charge in [-0.2, -0.15) is 0 Å².